The highest BCUT2D eigenvalue weighted by Gasteiger charge is 2.26. The van der Waals surface area contributed by atoms with Crippen molar-refractivity contribution in [2.45, 2.75) is 57.4 Å². The molecule has 1 aromatic carbocycles. The smallest absolute Gasteiger partial charge is 0.243 e. The summed E-state index contributed by atoms with van der Waals surface area (Å²) in [6, 6.07) is 7.03. The van der Waals surface area contributed by atoms with Gasteiger partial charge in [-0.15, -0.1) is 0 Å². The first-order valence-electron chi connectivity index (χ1n) is 9.75. The summed E-state index contributed by atoms with van der Waals surface area (Å²) >= 11 is 0. The summed E-state index contributed by atoms with van der Waals surface area (Å²) in [5, 5.41) is 3.03. The maximum Gasteiger partial charge on any atom is 0.243 e. The van der Waals surface area contributed by atoms with Crippen molar-refractivity contribution in [3.63, 3.8) is 0 Å². The Kier molecular flexibility index (Phi) is 8.26. The number of rotatable bonds is 9. The van der Waals surface area contributed by atoms with Gasteiger partial charge >= 0.3 is 0 Å². The molecular formula is C20H32N2O4S. The van der Waals surface area contributed by atoms with Crippen LogP contribution in [0.15, 0.2) is 29.2 Å². The van der Waals surface area contributed by atoms with Crippen LogP contribution in [0, 0.1) is 5.92 Å². The van der Waals surface area contributed by atoms with Crippen molar-refractivity contribution in [3.8, 4) is 0 Å². The average Bonchev–Trinajstić information content (AvgIpc) is 2.66. The number of hydrogen-bond acceptors (Lipinski definition) is 4. The van der Waals surface area contributed by atoms with Crippen LogP contribution in [-0.4, -0.2) is 51.0 Å². The minimum absolute atomic E-state index is 0.0382. The van der Waals surface area contributed by atoms with Crippen LogP contribution in [0.4, 0.5) is 0 Å². The summed E-state index contributed by atoms with van der Waals surface area (Å²) in [4.78, 5) is 12.4. The third kappa shape index (κ3) is 6.90. The van der Waals surface area contributed by atoms with Gasteiger partial charge in [0.1, 0.15) is 0 Å². The summed E-state index contributed by atoms with van der Waals surface area (Å²) in [7, 11) is -3.47. The molecule has 1 amide bonds. The van der Waals surface area contributed by atoms with Crippen LogP contribution in [0.5, 0.6) is 0 Å². The van der Waals surface area contributed by atoms with Gasteiger partial charge in [0, 0.05) is 25.6 Å². The Morgan fingerprint density at radius 3 is 2.33 bits per heavy atom. The molecule has 0 aromatic heterocycles. The molecule has 1 N–H and O–H groups in total. The van der Waals surface area contributed by atoms with Crippen LogP contribution >= 0.6 is 0 Å². The summed E-state index contributed by atoms with van der Waals surface area (Å²) in [5.41, 5.74) is 0.959. The molecule has 27 heavy (non-hydrogen) atoms. The van der Waals surface area contributed by atoms with E-state index in [0.717, 1.165) is 18.4 Å². The molecule has 0 aliphatic carbocycles. The number of sulfonamides is 1. The van der Waals surface area contributed by atoms with Crippen molar-refractivity contribution < 1.29 is 17.9 Å². The van der Waals surface area contributed by atoms with Gasteiger partial charge < -0.3 is 10.1 Å². The van der Waals surface area contributed by atoms with Crippen LogP contribution in [0.3, 0.4) is 0 Å². The van der Waals surface area contributed by atoms with Crippen LogP contribution in [0.25, 0.3) is 0 Å². The highest BCUT2D eigenvalue weighted by molar-refractivity contribution is 7.89. The lowest BCUT2D eigenvalue weighted by Gasteiger charge is -2.26. The topological polar surface area (TPSA) is 75.7 Å². The van der Waals surface area contributed by atoms with Gasteiger partial charge in [-0.3, -0.25) is 4.79 Å². The Labute approximate surface area is 163 Å². The average molecular weight is 397 g/mol. The van der Waals surface area contributed by atoms with E-state index in [4.69, 9.17) is 4.74 Å². The summed E-state index contributed by atoms with van der Waals surface area (Å²) in [5.74, 6) is 0.674. The molecule has 0 bridgehead atoms. The van der Waals surface area contributed by atoms with E-state index >= 15 is 0 Å². The highest BCUT2D eigenvalue weighted by atomic mass is 32.2. The molecule has 1 aliphatic heterocycles. The second kappa shape index (κ2) is 10.2. The highest BCUT2D eigenvalue weighted by Crippen LogP contribution is 2.18. The molecule has 152 valence electrons. The van der Waals surface area contributed by atoms with Crippen molar-refractivity contribution in [1.29, 1.82) is 0 Å². The molecule has 1 aromatic rings. The monoisotopic (exact) mass is 396 g/mol. The lowest BCUT2D eigenvalue weighted by Crippen LogP contribution is -2.40. The van der Waals surface area contributed by atoms with Gasteiger partial charge in [0.2, 0.25) is 15.9 Å². The van der Waals surface area contributed by atoms with Gasteiger partial charge in [-0.2, -0.15) is 4.31 Å². The number of carbonyl (C=O) groups excluding carboxylic acids is 1. The fourth-order valence-corrected chi connectivity index (χ4v) is 4.43. The van der Waals surface area contributed by atoms with Crippen LogP contribution < -0.4 is 5.32 Å². The van der Waals surface area contributed by atoms with E-state index in [-0.39, 0.29) is 11.9 Å². The Balaban J connectivity index is 1.84. The molecule has 0 spiro atoms. The van der Waals surface area contributed by atoms with Gasteiger partial charge in [0.05, 0.1) is 18.1 Å². The molecular weight excluding hydrogens is 364 g/mol. The number of nitrogens with zero attached hydrogens (tertiary/aromatic N) is 1. The largest absolute Gasteiger partial charge is 0.379 e. The maximum absolute atomic E-state index is 12.6. The van der Waals surface area contributed by atoms with Crippen molar-refractivity contribution in [3.05, 3.63) is 29.8 Å². The third-order valence-corrected chi connectivity index (χ3v) is 6.67. The van der Waals surface area contributed by atoms with Crippen molar-refractivity contribution >= 4 is 15.9 Å². The standard InChI is InChI=1S/C20H32N2O4S/c1-16(2)4-5-17(3)21-20(23)11-8-18-6-9-19(10-7-18)27(24,25)22-12-14-26-15-13-22/h6-7,9-10,16-17H,4-5,8,11-15H2,1-3H3,(H,21,23). The molecule has 1 fully saturated rings. The SMILES string of the molecule is CC(C)CCC(C)NC(=O)CCc1ccc(S(=O)(=O)N2CCOCC2)cc1. The van der Waals surface area contributed by atoms with E-state index in [1.165, 1.54) is 4.31 Å². The summed E-state index contributed by atoms with van der Waals surface area (Å²) in [6.07, 6.45) is 3.08. The minimum atomic E-state index is -3.47. The Morgan fingerprint density at radius 2 is 1.74 bits per heavy atom. The Bertz CT molecular complexity index is 695. The number of aryl methyl sites for hydroxylation is 1. The molecule has 7 heteroatoms. The number of morpholine rings is 1. The van der Waals surface area contributed by atoms with Crippen molar-refractivity contribution in [1.82, 2.24) is 9.62 Å². The van der Waals surface area contributed by atoms with Gasteiger partial charge in [0.25, 0.3) is 0 Å². The number of nitrogens with one attached hydrogen (secondary N) is 1. The molecule has 1 aliphatic rings. The van der Waals surface area contributed by atoms with E-state index in [1.807, 2.05) is 6.92 Å². The second-order valence-electron chi connectivity index (χ2n) is 7.60. The van der Waals surface area contributed by atoms with Gasteiger partial charge in [0.15, 0.2) is 0 Å². The zero-order chi connectivity index (χ0) is 19.9. The van der Waals surface area contributed by atoms with Gasteiger partial charge in [-0.05, 0) is 49.8 Å². The fourth-order valence-electron chi connectivity index (χ4n) is 3.02. The number of benzene rings is 1. The summed E-state index contributed by atoms with van der Waals surface area (Å²) in [6.45, 7) is 8.03. The number of carbonyl (C=O) groups is 1. The first kappa shape index (κ1) is 21.9. The number of hydrogen-bond donors (Lipinski definition) is 1. The Hall–Kier alpha value is -1.44. The second-order valence-corrected chi connectivity index (χ2v) is 9.54. The first-order chi connectivity index (χ1) is 12.8. The van der Waals surface area contributed by atoms with Crippen LogP contribution in [-0.2, 0) is 26.0 Å². The lowest BCUT2D eigenvalue weighted by molar-refractivity contribution is -0.121. The molecule has 1 atom stereocenters. The molecule has 0 saturated carbocycles. The number of amides is 1. The molecule has 1 unspecified atom stereocenters. The predicted molar refractivity (Wildman–Crippen MR) is 106 cm³/mol. The van der Waals surface area contributed by atoms with Crippen molar-refractivity contribution in [2.24, 2.45) is 5.92 Å². The van der Waals surface area contributed by atoms with Crippen LogP contribution in [0.2, 0.25) is 0 Å². The fraction of sp³-hybridized carbons (Fsp3) is 0.650. The minimum Gasteiger partial charge on any atom is -0.379 e. The van der Waals surface area contributed by atoms with Crippen molar-refractivity contribution in [2.75, 3.05) is 26.3 Å². The maximum atomic E-state index is 12.6. The van der Waals surface area contributed by atoms with E-state index in [1.54, 1.807) is 24.3 Å². The van der Waals surface area contributed by atoms with Gasteiger partial charge in [-0.25, -0.2) is 8.42 Å². The van der Waals surface area contributed by atoms with E-state index in [9.17, 15) is 13.2 Å². The van der Waals surface area contributed by atoms with E-state index in [2.05, 4.69) is 19.2 Å². The summed E-state index contributed by atoms with van der Waals surface area (Å²) < 4.78 is 31.9. The van der Waals surface area contributed by atoms with Crippen LogP contribution in [0.1, 0.15) is 45.6 Å². The lowest BCUT2D eigenvalue weighted by atomic mass is 10.0. The molecule has 0 radical (unpaired) electrons. The number of ether oxygens (including phenoxy) is 1. The normalized spacial score (nSPS) is 17.0. The molecule has 1 heterocycles. The predicted octanol–water partition coefficient (Wildman–Crippen LogP) is 2.58. The zero-order valence-electron chi connectivity index (χ0n) is 16.6. The van der Waals surface area contributed by atoms with E-state index < -0.39 is 10.0 Å². The molecule has 2 rings (SSSR count). The first-order valence-corrected chi connectivity index (χ1v) is 11.2. The molecule has 1 saturated heterocycles. The third-order valence-electron chi connectivity index (χ3n) is 4.76. The quantitative estimate of drug-likeness (QED) is 0.696. The van der Waals surface area contributed by atoms with Gasteiger partial charge in [-0.1, -0.05) is 26.0 Å². The zero-order valence-corrected chi connectivity index (χ0v) is 17.4. The Morgan fingerprint density at radius 1 is 1.11 bits per heavy atom. The molecule has 6 nitrogen and oxygen atoms in total. The van der Waals surface area contributed by atoms with E-state index in [0.29, 0.717) is 50.0 Å².